The molecule has 139 heavy (non-hydrogen) atoms. The lowest BCUT2D eigenvalue weighted by atomic mass is 10.0. The summed E-state index contributed by atoms with van der Waals surface area (Å²) in [6, 6.07) is 13.3. The molecule has 5 fully saturated rings. The number of anilines is 4. The fourth-order valence-electron chi connectivity index (χ4n) is 17.1. The van der Waals surface area contributed by atoms with Crippen LogP contribution in [-0.4, -0.2) is 322 Å². The van der Waals surface area contributed by atoms with Crippen molar-refractivity contribution in [2.75, 3.05) is 166 Å². The molecule has 44 heteroatoms. The van der Waals surface area contributed by atoms with Gasteiger partial charge in [-0.3, -0.25) is 96.3 Å². The van der Waals surface area contributed by atoms with Crippen molar-refractivity contribution in [1.82, 2.24) is 50.9 Å². The van der Waals surface area contributed by atoms with Crippen molar-refractivity contribution in [3.8, 4) is 23.0 Å². The molecule has 0 aromatic heterocycles. The molecular formula is C95H118N14O28S2. The number of hydrogen-bond donors (Lipinski definition) is 6. The molecular weight excluding hydrogens is 1850 g/mol. The van der Waals surface area contributed by atoms with Gasteiger partial charge in [-0.2, -0.15) is 0 Å². The molecule has 0 aliphatic carbocycles. The predicted octanol–water partition coefficient (Wildman–Crippen LogP) is 5.01. The summed E-state index contributed by atoms with van der Waals surface area (Å²) in [6.45, 7) is 10.4. The molecule has 0 spiro atoms. The molecule has 16 amide bonds. The van der Waals surface area contributed by atoms with Crippen molar-refractivity contribution in [2.45, 2.75) is 158 Å². The van der Waals surface area contributed by atoms with E-state index in [1.807, 2.05) is 0 Å². The molecule has 5 saturated heterocycles. The number of nitrogens with one attached hydrogen (secondary N) is 6. The van der Waals surface area contributed by atoms with Gasteiger partial charge in [-0.05, 0) is 80.1 Å². The van der Waals surface area contributed by atoms with Gasteiger partial charge >= 0.3 is 12.2 Å². The number of ether oxygens (including phenoxy) is 10. The van der Waals surface area contributed by atoms with E-state index >= 15 is 9.59 Å². The summed E-state index contributed by atoms with van der Waals surface area (Å²) in [7, 11) is 5.78. The molecule has 748 valence electrons. The highest BCUT2D eigenvalue weighted by molar-refractivity contribution is 8.17. The zero-order valence-electron chi connectivity index (χ0n) is 78.7. The van der Waals surface area contributed by atoms with E-state index in [9.17, 15) is 76.7 Å². The van der Waals surface area contributed by atoms with Crippen LogP contribution in [-0.2, 0) is 109 Å². The number of carbonyl (C=O) groups excluding carboxylic acids is 18. The molecule has 42 nitrogen and oxygen atoms in total. The van der Waals surface area contributed by atoms with Crippen LogP contribution in [0.3, 0.4) is 0 Å². The van der Waals surface area contributed by atoms with Crippen LogP contribution in [0.25, 0.3) is 0 Å². The van der Waals surface area contributed by atoms with E-state index < -0.39 is 211 Å². The first-order valence-corrected chi connectivity index (χ1v) is 48.0. The number of amides is 16. The quantitative estimate of drug-likeness (QED) is 0.0384. The number of ketones is 2. The molecule has 15 rings (SSSR count). The Kier molecular flexibility index (Phi) is 37.3. The second kappa shape index (κ2) is 49.5. The van der Waals surface area contributed by atoms with E-state index in [1.54, 1.807) is 41.0 Å². The Morgan fingerprint density at radius 3 is 1.40 bits per heavy atom. The van der Waals surface area contributed by atoms with Crippen LogP contribution >= 0.6 is 23.5 Å². The van der Waals surface area contributed by atoms with Crippen LogP contribution in [0.5, 0.6) is 23.0 Å². The Hall–Kier alpha value is -13.0. The minimum absolute atomic E-state index is 0.0240. The van der Waals surface area contributed by atoms with Gasteiger partial charge < -0.3 is 89.1 Å². The number of hydrazine groups is 1. The standard InChI is InChI=1S/C95H118N14O28S2/c1-55-37-64-49-106-72-43-76(74(130-8)41-67(72)90(122)104(64)47-55)134-29-10-30-135-77-44-73-68(42-75(77)131-9)91(123)105-48-56(2)38-71(105)59(5)109(73)95(127)137-53-61-13-17-63(18-14-61)99-89(121)70(20-22-81(113)97-26-32-133-36-34-129-7)101-87(119)58(4)40-66(111)51-108-83(115)24-28-103-85(117)46-79(93(103)125)139-54-138-78-45-84(116)102(92(78)124)27-23-82(114)107(108)50-65(110)39-57(3)86(118)100-69(19-21-80(112)96-25-31-132-35-33-128-6)88(120)98-62-15-11-60(12-16-62)52-136-94(106)126/h11-18,41-44,57-59,64,69-71,78-79H,1-2,10,19-40,45-54H2,3-9H3,(H,96,112)(H,97,113)(H,98,120)(H,99,121)(H,100,118)(H,101,119). The maximum absolute atomic E-state index is 15.1. The smallest absolute Gasteiger partial charge is 0.414 e. The minimum Gasteiger partial charge on any atom is -0.493 e. The van der Waals surface area contributed by atoms with Gasteiger partial charge in [0.2, 0.25) is 70.9 Å². The number of rotatable bonds is 20. The van der Waals surface area contributed by atoms with Crippen molar-refractivity contribution < 1.29 is 134 Å². The molecule has 11 aliphatic heterocycles. The molecule has 11 aliphatic rings. The number of carbonyl (C=O) groups is 18. The molecule has 4 aromatic rings. The maximum Gasteiger partial charge on any atom is 0.414 e. The highest BCUT2D eigenvalue weighted by Crippen LogP contribution is 2.45. The van der Waals surface area contributed by atoms with Crippen LogP contribution in [0.2, 0.25) is 0 Å². The minimum atomic E-state index is -1.51. The average molecular weight is 1970 g/mol. The molecule has 9 unspecified atom stereocenters. The van der Waals surface area contributed by atoms with Crippen LogP contribution in [0.15, 0.2) is 97.1 Å². The number of hydrogen-bond acceptors (Lipinski definition) is 30. The van der Waals surface area contributed by atoms with Crippen molar-refractivity contribution >= 4 is 153 Å². The van der Waals surface area contributed by atoms with Gasteiger partial charge in [0.1, 0.15) is 38.4 Å². The number of nitrogens with zero attached hydrogens (tertiary/aromatic N) is 8. The Bertz CT molecular complexity index is 5280. The van der Waals surface area contributed by atoms with Gasteiger partial charge in [-0.1, -0.05) is 62.4 Å². The maximum atomic E-state index is 15.1. The van der Waals surface area contributed by atoms with Crippen LogP contribution in [0.1, 0.15) is 136 Å². The summed E-state index contributed by atoms with van der Waals surface area (Å²) in [5.74, 6) is -14.5. The Morgan fingerprint density at radius 1 is 0.482 bits per heavy atom. The van der Waals surface area contributed by atoms with E-state index in [2.05, 4.69) is 45.1 Å². The van der Waals surface area contributed by atoms with Gasteiger partial charge in [-0.25, -0.2) is 19.6 Å². The zero-order valence-corrected chi connectivity index (χ0v) is 80.3. The van der Waals surface area contributed by atoms with Crippen molar-refractivity contribution in [1.29, 1.82) is 0 Å². The average Bonchev–Trinajstić information content (AvgIpc) is 1.62. The highest BCUT2D eigenvalue weighted by atomic mass is 32.2. The third-order valence-electron chi connectivity index (χ3n) is 24.6. The van der Waals surface area contributed by atoms with E-state index in [0.717, 1.165) is 44.5 Å². The van der Waals surface area contributed by atoms with Gasteiger partial charge in [0.15, 0.2) is 34.6 Å². The summed E-state index contributed by atoms with van der Waals surface area (Å²) in [5, 5.41) is 15.6. The molecule has 12 bridgehead atoms. The summed E-state index contributed by atoms with van der Waals surface area (Å²) in [5.41, 5.74) is 3.18. The number of methoxy groups -OCH3 is 4. The number of Topliss-reactive ketones (excluding diaryl/α,β-unsaturated/α-hetero) is 2. The number of imide groups is 2. The lowest BCUT2D eigenvalue weighted by Gasteiger charge is -2.35. The first-order valence-electron chi connectivity index (χ1n) is 45.9. The second-order valence-electron chi connectivity index (χ2n) is 34.7. The second-order valence-corrected chi connectivity index (χ2v) is 37.4. The molecule has 6 N–H and O–H groups in total. The largest absolute Gasteiger partial charge is 0.493 e. The normalized spacial score (nSPS) is 23.2. The highest BCUT2D eigenvalue weighted by Gasteiger charge is 2.48. The van der Waals surface area contributed by atoms with Crippen molar-refractivity contribution in [3.63, 3.8) is 0 Å². The summed E-state index contributed by atoms with van der Waals surface area (Å²) >= 11 is 2.12. The third-order valence-corrected chi connectivity index (χ3v) is 27.2. The molecule has 0 saturated carbocycles. The van der Waals surface area contributed by atoms with Gasteiger partial charge in [0, 0.05) is 152 Å². The summed E-state index contributed by atoms with van der Waals surface area (Å²) in [6.07, 6.45) is -5.73. The third kappa shape index (κ3) is 27.3. The van der Waals surface area contributed by atoms with E-state index in [0.29, 0.717) is 47.2 Å². The van der Waals surface area contributed by atoms with Crippen LogP contribution < -0.4 is 60.6 Å². The lowest BCUT2D eigenvalue weighted by Crippen LogP contribution is -2.55. The van der Waals surface area contributed by atoms with E-state index in [-0.39, 0.29) is 192 Å². The topological polar surface area (TPSA) is 498 Å². The predicted molar refractivity (Wildman–Crippen MR) is 503 cm³/mol. The molecule has 11 heterocycles. The zero-order chi connectivity index (χ0) is 99.8. The number of thioether (sulfide) groups is 2. The number of fused-ring (bicyclic) bond motifs is 6. The number of benzene rings is 4. The van der Waals surface area contributed by atoms with E-state index in [1.165, 1.54) is 101 Å². The summed E-state index contributed by atoms with van der Waals surface area (Å²) in [4.78, 5) is 267. The Labute approximate surface area is 811 Å². The lowest BCUT2D eigenvalue weighted by molar-refractivity contribution is -0.168. The van der Waals surface area contributed by atoms with Gasteiger partial charge in [-0.15, -0.1) is 23.5 Å². The van der Waals surface area contributed by atoms with Gasteiger partial charge in [0.05, 0.1) is 125 Å². The SMILES string of the molecule is C=C1CC2CN3C(=O)OCc4ccc(cc4)NC(=O)C(CCC(=O)NCCOCCOC)NC(=O)C(C)CC(=O)CN4C(=O)CCN5C(=O)CC(SCSC6CC(=O)N(CCC(=O)N4CC(=O)CC(C)C(=O)NC(CCC(=O)NCCOCCOC)C(=O)Nc4ccc(cc4)COC(=O)N4c7cc(c(OC)cc7C(=O)N7CC(=C)CC7C4C)OCCCOc4cc3c(cc4OC)C(=O)N2C1)C6=O)C5=O. The summed E-state index contributed by atoms with van der Waals surface area (Å²) < 4.78 is 57.5. The van der Waals surface area contributed by atoms with Gasteiger partial charge in [0.25, 0.3) is 11.8 Å². The first kappa shape index (κ1) is 105. The van der Waals surface area contributed by atoms with Crippen molar-refractivity contribution in [2.24, 2.45) is 11.8 Å². The fraction of sp³-hybridized carbons (Fsp3) is 0.516. The van der Waals surface area contributed by atoms with E-state index in [4.69, 9.17) is 47.4 Å². The van der Waals surface area contributed by atoms with Crippen LogP contribution in [0, 0.1) is 11.8 Å². The van der Waals surface area contributed by atoms with Crippen LogP contribution in [0.4, 0.5) is 32.3 Å². The Balaban J connectivity index is 0.857. The first-order chi connectivity index (χ1) is 66.7. The Morgan fingerprint density at radius 2 is 0.928 bits per heavy atom. The molecule has 0 radical (unpaired) electrons. The molecule has 9 atom stereocenters. The molecule has 4 aromatic carbocycles. The monoisotopic (exact) mass is 1970 g/mol. The fourth-order valence-corrected chi connectivity index (χ4v) is 19.8. The van der Waals surface area contributed by atoms with Crippen molar-refractivity contribution in [3.05, 3.63) is 119 Å².